The Bertz CT molecular complexity index is 737. The van der Waals surface area contributed by atoms with Crippen LogP contribution >= 0.6 is 11.6 Å². The molecule has 2 aromatic rings. The Morgan fingerprint density at radius 1 is 1.10 bits per heavy atom. The molecule has 0 N–H and O–H groups in total. The lowest BCUT2D eigenvalue weighted by Gasteiger charge is -2.34. The molecule has 20 heavy (non-hydrogen) atoms. The van der Waals surface area contributed by atoms with Gasteiger partial charge in [0.15, 0.2) is 11.3 Å². The smallest absolute Gasteiger partial charge is 0.355 e. The molecule has 1 aromatic carbocycles. The number of carbonyl (C=O) groups is 1. The molecule has 1 aliphatic heterocycles. The second-order valence-electron chi connectivity index (χ2n) is 4.38. The van der Waals surface area contributed by atoms with Gasteiger partial charge in [0.05, 0.1) is 0 Å². The van der Waals surface area contributed by atoms with Gasteiger partial charge in [0, 0.05) is 18.6 Å². The van der Waals surface area contributed by atoms with Crippen LogP contribution in [0.25, 0.3) is 0 Å². The van der Waals surface area contributed by atoms with Gasteiger partial charge < -0.3 is 13.9 Å². The first-order chi connectivity index (χ1) is 9.49. The second kappa shape index (κ2) is 4.38. The molecule has 0 saturated heterocycles. The molecule has 3 rings (SSSR count). The average molecular weight is 293 g/mol. The van der Waals surface area contributed by atoms with Crippen molar-refractivity contribution in [1.29, 1.82) is 0 Å². The molecule has 0 aliphatic carbocycles. The number of rotatable bonds is 1. The Hall–Kier alpha value is -2.27. The third kappa shape index (κ3) is 1.96. The van der Waals surface area contributed by atoms with Gasteiger partial charge in [-0.2, -0.15) is 0 Å². The van der Waals surface area contributed by atoms with Crippen molar-refractivity contribution in [3.8, 4) is 5.75 Å². The Labute approximate surface area is 118 Å². The number of hydrogen-bond donors (Lipinski definition) is 0. The predicted octanol–water partition coefficient (Wildman–Crippen LogP) is 2.72. The molecule has 1 aliphatic rings. The number of hydrogen-bond acceptors (Lipinski definition) is 5. The van der Waals surface area contributed by atoms with Crippen LogP contribution in [0.1, 0.15) is 22.8 Å². The van der Waals surface area contributed by atoms with Crippen molar-refractivity contribution in [3.63, 3.8) is 0 Å². The predicted molar refractivity (Wildman–Crippen MR) is 69.8 cm³/mol. The molecule has 0 fully saturated rings. The van der Waals surface area contributed by atoms with Crippen LogP contribution < -0.4 is 10.4 Å². The van der Waals surface area contributed by atoms with E-state index in [1.54, 1.807) is 31.2 Å². The molecule has 102 valence electrons. The number of ether oxygens (including phenoxy) is 2. The van der Waals surface area contributed by atoms with Crippen LogP contribution in [0, 0.1) is 0 Å². The zero-order chi connectivity index (χ0) is 14.3. The van der Waals surface area contributed by atoms with E-state index in [1.165, 1.54) is 6.07 Å². The highest BCUT2D eigenvalue weighted by Crippen LogP contribution is 2.36. The third-order valence-electron chi connectivity index (χ3n) is 2.98. The second-order valence-corrected chi connectivity index (χ2v) is 4.75. The molecule has 0 bridgehead atoms. The average Bonchev–Trinajstić information content (AvgIpc) is 2.38. The molecule has 1 aromatic heterocycles. The molecule has 1 atom stereocenters. The maximum atomic E-state index is 12.0. The molecule has 0 spiro atoms. The van der Waals surface area contributed by atoms with Gasteiger partial charge in [-0.25, -0.2) is 9.59 Å². The minimum atomic E-state index is -1.32. The Morgan fingerprint density at radius 3 is 2.50 bits per heavy atom. The summed E-state index contributed by atoms with van der Waals surface area (Å²) < 4.78 is 15.5. The quantitative estimate of drug-likeness (QED) is 0.756. The van der Waals surface area contributed by atoms with E-state index in [-0.39, 0.29) is 16.5 Å². The standard InChI is InChI=1S/C14H9ClO5/c1-14(8-5-3-2-4-6-8)19-9-7-10(15)18-12(16)11(9)13(17)20-14/h2-7H,1H3. The lowest BCUT2D eigenvalue weighted by molar-refractivity contribution is -0.149. The Morgan fingerprint density at radius 2 is 1.80 bits per heavy atom. The van der Waals surface area contributed by atoms with Crippen LogP contribution in [-0.4, -0.2) is 5.97 Å². The van der Waals surface area contributed by atoms with E-state index in [4.69, 9.17) is 21.1 Å². The fourth-order valence-corrected chi connectivity index (χ4v) is 2.20. The molecular weight excluding hydrogens is 284 g/mol. The third-order valence-corrected chi connectivity index (χ3v) is 3.17. The van der Waals surface area contributed by atoms with Crippen LogP contribution in [0.4, 0.5) is 0 Å². The first-order valence-corrected chi connectivity index (χ1v) is 6.19. The van der Waals surface area contributed by atoms with Crippen LogP contribution in [0.3, 0.4) is 0 Å². The van der Waals surface area contributed by atoms with Gasteiger partial charge in [-0.05, 0) is 11.6 Å². The van der Waals surface area contributed by atoms with Gasteiger partial charge in [0.25, 0.3) is 5.79 Å². The number of esters is 1. The van der Waals surface area contributed by atoms with Gasteiger partial charge in [-0.3, -0.25) is 0 Å². The van der Waals surface area contributed by atoms with Gasteiger partial charge in [0.2, 0.25) is 5.22 Å². The van der Waals surface area contributed by atoms with E-state index >= 15 is 0 Å². The SMILES string of the molecule is CC1(c2ccccc2)OC(=O)c2c(cc(Cl)oc2=O)O1. The molecule has 0 radical (unpaired) electrons. The van der Waals surface area contributed by atoms with Crippen molar-refractivity contribution in [3.05, 3.63) is 63.2 Å². The van der Waals surface area contributed by atoms with Crippen molar-refractivity contribution >= 4 is 17.6 Å². The van der Waals surface area contributed by atoms with Crippen LogP contribution in [0.5, 0.6) is 5.75 Å². The lowest BCUT2D eigenvalue weighted by Crippen LogP contribution is -2.41. The topological polar surface area (TPSA) is 65.7 Å². The van der Waals surface area contributed by atoms with E-state index < -0.39 is 17.4 Å². The highest BCUT2D eigenvalue weighted by molar-refractivity contribution is 6.29. The molecule has 2 heterocycles. The minimum absolute atomic E-state index is 0.0499. The normalized spacial score (nSPS) is 20.8. The van der Waals surface area contributed by atoms with E-state index in [2.05, 4.69) is 4.42 Å². The molecule has 0 saturated carbocycles. The van der Waals surface area contributed by atoms with Crippen molar-refractivity contribution in [2.24, 2.45) is 0 Å². The van der Waals surface area contributed by atoms with Crippen molar-refractivity contribution in [1.82, 2.24) is 0 Å². The molecule has 5 nitrogen and oxygen atoms in total. The minimum Gasteiger partial charge on any atom is -0.447 e. The van der Waals surface area contributed by atoms with E-state index in [0.717, 1.165) is 0 Å². The monoisotopic (exact) mass is 292 g/mol. The largest absolute Gasteiger partial charge is 0.447 e. The van der Waals surface area contributed by atoms with E-state index in [9.17, 15) is 9.59 Å². The Balaban J connectivity index is 2.14. The fourth-order valence-electron chi connectivity index (χ4n) is 2.03. The van der Waals surface area contributed by atoms with Gasteiger partial charge >= 0.3 is 11.6 Å². The summed E-state index contributed by atoms with van der Waals surface area (Å²) in [5.41, 5.74) is -0.529. The number of fused-ring (bicyclic) bond motifs is 1. The number of benzene rings is 1. The van der Waals surface area contributed by atoms with Crippen LogP contribution in [0.15, 0.2) is 45.6 Å². The molecule has 6 heteroatoms. The number of carbonyl (C=O) groups excluding carboxylic acids is 1. The fraction of sp³-hybridized carbons (Fsp3) is 0.143. The number of halogens is 1. The van der Waals surface area contributed by atoms with E-state index in [0.29, 0.717) is 5.56 Å². The maximum absolute atomic E-state index is 12.0. The summed E-state index contributed by atoms with van der Waals surface area (Å²) in [4.78, 5) is 23.6. The highest BCUT2D eigenvalue weighted by Gasteiger charge is 2.42. The summed E-state index contributed by atoms with van der Waals surface area (Å²) in [6.07, 6.45) is 0. The summed E-state index contributed by atoms with van der Waals surface area (Å²) in [7, 11) is 0. The van der Waals surface area contributed by atoms with E-state index in [1.807, 2.05) is 6.07 Å². The van der Waals surface area contributed by atoms with Gasteiger partial charge in [0.1, 0.15) is 0 Å². The van der Waals surface area contributed by atoms with Crippen LogP contribution in [-0.2, 0) is 10.5 Å². The zero-order valence-corrected chi connectivity index (χ0v) is 11.1. The summed E-state index contributed by atoms with van der Waals surface area (Å²) in [5.74, 6) is -2.07. The van der Waals surface area contributed by atoms with Gasteiger partial charge in [-0.15, -0.1) is 0 Å². The summed E-state index contributed by atoms with van der Waals surface area (Å²) in [6, 6.07) is 10.2. The zero-order valence-electron chi connectivity index (χ0n) is 10.4. The Kier molecular flexibility index (Phi) is 2.79. The molecule has 1 unspecified atom stereocenters. The molecular formula is C14H9ClO5. The number of cyclic esters (lactones) is 1. The summed E-state index contributed by atoms with van der Waals surface area (Å²) in [5, 5.41) is -0.154. The van der Waals surface area contributed by atoms with Crippen LogP contribution in [0.2, 0.25) is 5.22 Å². The first-order valence-electron chi connectivity index (χ1n) is 5.81. The lowest BCUT2D eigenvalue weighted by atomic mass is 10.1. The summed E-state index contributed by atoms with van der Waals surface area (Å²) in [6.45, 7) is 1.59. The maximum Gasteiger partial charge on any atom is 0.355 e. The van der Waals surface area contributed by atoms with Crippen molar-refractivity contribution < 1.29 is 18.7 Å². The molecule has 0 amide bonds. The van der Waals surface area contributed by atoms with Gasteiger partial charge in [-0.1, -0.05) is 30.3 Å². The summed E-state index contributed by atoms with van der Waals surface area (Å²) >= 11 is 5.67. The highest BCUT2D eigenvalue weighted by atomic mass is 35.5. The van der Waals surface area contributed by atoms with Crippen molar-refractivity contribution in [2.45, 2.75) is 12.7 Å². The van der Waals surface area contributed by atoms with Crippen molar-refractivity contribution in [2.75, 3.05) is 0 Å². The first kappa shape index (κ1) is 12.7.